The third kappa shape index (κ3) is 14.1. The highest BCUT2D eigenvalue weighted by Crippen LogP contribution is 2.33. The van der Waals surface area contributed by atoms with Crippen molar-refractivity contribution in [2.24, 2.45) is 11.8 Å². The molecule has 18 nitrogen and oxygen atoms in total. The van der Waals surface area contributed by atoms with Gasteiger partial charge in [-0.2, -0.15) is 0 Å². The summed E-state index contributed by atoms with van der Waals surface area (Å²) in [7, 11) is 6.80. The lowest BCUT2D eigenvalue weighted by molar-refractivity contribution is -0.147. The molecule has 0 bridgehead atoms. The van der Waals surface area contributed by atoms with Crippen molar-refractivity contribution in [2.45, 2.75) is 165 Å². The Morgan fingerprint density at radius 1 is 0.487 bits per heavy atom. The van der Waals surface area contributed by atoms with Crippen LogP contribution in [0.4, 0.5) is 0 Å². The number of hydrogen-bond donors (Lipinski definition) is 6. The highest BCUT2D eigenvalue weighted by Gasteiger charge is 2.48. The molecule has 4 aliphatic rings. The Morgan fingerprint density at radius 2 is 0.821 bits per heavy atom. The largest absolute Gasteiger partial charge is 0.347 e. The summed E-state index contributed by atoms with van der Waals surface area (Å²) in [5, 5.41) is 18.1. The molecule has 8 amide bonds. The second kappa shape index (κ2) is 27.3. The zero-order valence-corrected chi connectivity index (χ0v) is 47.0. The van der Waals surface area contributed by atoms with Crippen molar-refractivity contribution in [3.8, 4) is 0 Å². The Labute approximate surface area is 460 Å². The van der Waals surface area contributed by atoms with E-state index in [4.69, 9.17) is 0 Å². The number of nitrogens with one attached hydrogen (secondary N) is 6. The lowest BCUT2D eigenvalue weighted by atomic mass is 9.83. The molecule has 2 saturated carbocycles. The Bertz CT molecular complexity index is 2380. The minimum absolute atomic E-state index is 0.0455. The number of nitrogens with zero attached hydrogens (tertiary/aromatic N) is 4. The van der Waals surface area contributed by atoms with Gasteiger partial charge in [0.1, 0.15) is 24.2 Å². The van der Waals surface area contributed by atoms with Gasteiger partial charge >= 0.3 is 0 Å². The van der Waals surface area contributed by atoms with Gasteiger partial charge < -0.3 is 51.5 Å². The van der Waals surface area contributed by atoms with Gasteiger partial charge in [0, 0.05) is 50.4 Å². The quantitative estimate of drug-likeness (QED) is 0.0902. The average Bonchev–Trinajstić information content (AvgIpc) is 4.14. The number of likely N-dealkylation sites (N-methyl/N-ethyl adjacent to an activating group) is 4. The lowest BCUT2D eigenvalue weighted by Crippen LogP contribution is -2.58. The Balaban J connectivity index is 1.07. The minimum atomic E-state index is -0.918. The van der Waals surface area contributed by atoms with Crippen molar-refractivity contribution >= 4 is 47.3 Å². The molecule has 2 aliphatic carbocycles. The summed E-state index contributed by atoms with van der Waals surface area (Å²) >= 11 is 0. The maximum atomic E-state index is 14.9. The van der Waals surface area contributed by atoms with Crippen molar-refractivity contribution in [3.05, 3.63) is 107 Å². The molecule has 0 spiro atoms. The molecule has 18 heteroatoms. The van der Waals surface area contributed by atoms with Gasteiger partial charge in [-0.3, -0.25) is 38.4 Å². The number of benzene rings is 3. The normalized spacial score (nSPS) is 22.2. The molecule has 2 aliphatic heterocycles. The van der Waals surface area contributed by atoms with E-state index in [1.807, 2.05) is 74.5 Å². The first-order chi connectivity index (χ1) is 37.4. The molecule has 7 rings (SSSR count). The predicted octanol–water partition coefficient (Wildman–Crippen LogP) is 4.87. The molecule has 422 valence electrons. The van der Waals surface area contributed by atoms with Crippen LogP contribution < -0.4 is 31.9 Å². The van der Waals surface area contributed by atoms with Gasteiger partial charge in [-0.1, -0.05) is 99.2 Å². The number of rotatable bonds is 20. The molecule has 0 aromatic heterocycles. The molecule has 2 heterocycles. The first kappa shape index (κ1) is 59.0. The van der Waals surface area contributed by atoms with E-state index < -0.39 is 60.1 Å². The Hall–Kier alpha value is -6.66. The van der Waals surface area contributed by atoms with E-state index in [1.165, 1.54) is 24.3 Å². The first-order valence-electron chi connectivity index (χ1n) is 28.3. The van der Waals surface area contributed by atoms with E-state index in [-0.39, 0.29) is 96.4 Å². The smallest absolute Gasteiger partial charge is 0.251 e. The van der Waals surface area contributed by atoms with E-state index in [1.54, 1.807) is 61.6 Å². The Morgan fingerprint density at radius 3 is 1.14 bits per heavy atom. The Kier molecular flexibility index (Phi) is 20.6. The van der Waals surface area contributed by atoms with Crippen molar-refractivity contribution in [2.75, 3.05) is 41.3 Å². The van der Waals surface area contributed by atoms with Crippen molar-refractivity contribution in [3.63, 3.8) is 0 Å². The maximum Gasteiger partial charge on any atom is 0.251 e. The number of carbonyl (C=O) groups is 8. The van der Waals surface area contributed by atoms with Crippen LogP contribution in [0.25, 0.3) is 0 Å². The van der Waals surface area contributed by atoms with Crippen molar-refractivity contribution in [1.82, 2.24) is 51.5 Å². The SMILES string of the molecule is CN[C@@H](C)C(=O)N[C@H](C(=O)N1C[C@@H](NC(=O)c2ccc(C(=O)N[C@H]3C[C@@H](C(=O)N(C)[C@H](C)c4ccccc4)N(C(=O)[C@@H](NC(=O)[C@H](C)NC)C4CCCCC4)C3)cc2)C[C@H]1C(=O)N(C)[C@H](C)c1ccccc1)C1CCCCC1. The van der Waals surface area contributed by atoms with Gasteiger partial charge in [-0.15, -0.1) is 0 Å². The molecule has 2 saturated heterocycles. The molecule has 4 fully saturated rings. The molecular weight excluding hydrogens is 989 g/mol. The molecule has 78 heavy (non-hydrogen) atoms. The van der Waals surface area contributed by atoms with Crippen LogP contribution in [-0.4, -0.2) is 156 Å². The average molecular weight is 1070 g/mol. The molecule has 0 unspecified atom stereocenters. The summed E-state index contributed by atoms with van der Waals surface area (Å²) < 4.78 is 0. The van der Waals surface area contributed by atoms with Gasteiger partial charge in [0.2, 0.25) is 35.4 Å². The third-order valence-corrected chi connectivity index (χ3v) is 17.3. The molecule has 0 radical (unpaired) electrons. The summed E-state index contributed by atoms with van der Waals surface area (Å²) in [6.07, 6.45) is 9.16. The van der Waals surface area contributed by atoms with Gasteiger partial charge in [0.05, 0.1) is 24.2 Å². The fourth-order valence-electron chi connectivity index (χ4n) is 11.8. The number of likely N-dealkylation sites (tertiary alicyclic amines) is 2. The molecule has 3 aromatic carbocycles. The molecule has 3 aromatic rings. The summed E-state index contributed by atoms with van der Waals surface area (Å²) in [6, 6.07) is 18.9. The summed E-state index contributed by atoms with van der Waals surface area (Å²) in [5.74, 6) is -3.01. The lowest BCUT2D eigenvalue weighted by Gasteiger charge is -2.36. The van der Waals surface area contributed by atoms with Crippen LogP contribution in [0.1, 0.15) is 149 Å². The second-order valence-electron chi connectivity index (χ2n) is 22.3. The van der Waals surface area contributed by atoms with Crippen molar-refractivity contribution in [1.29, 1.82) is 0 Å². The highest BCUT2D eigenvalue weighted by molar-refractivity contribution is 5.99. The van der Waals surface area contributed by atoms with Crippen LogP contribution >= 0.6 is 0 Å². The summed E-state index contributed by atoms with van der Waals surface area (Å²) in [5.41, 5.74) is 2.36. The predicted molar refractivity (Wildman–Crippen MR) is 298 cm³/mol. The van der Waals surface area contributed by atoms with Gasteiger partial charge in [0.15, 0.2) is 0 Å². The number of hydrogen-bond acceptors (Lipinski definition) is 10. The van der Waals surface area contributed by atoms with E-state index in [2.05, 4.69) is 31.9 Å². The van der Waals surface area contributed by atoms with E-state index in [9.17, 15) is 38.4 Å². The van der Waals surface area contributed by atoms with Crippen LogP contribution in [0.2, 0.25) is 0 Å². The van der Waals surface area contributed by atoms with Crippen LogP contribution in [0.3, 0.4) is 0 Å². The fraction of sp³-hybridized carbons (Fsp3) is 0.567. The molecular formula is C60H84N10O8. The first-order valence-corrected chi connectivity index (χ1v) is 28.3. The van der Waals surface area contributed by atoms with E-state index in [0.29, 0.717) is 0 Å². The minimum Gasteiger partial charge on any atom is -0.347 e. The zero-order chi connectivity index (χ0) is 56.2. The molecule has 6 N–H and O–H groups in total. The highest BCUT2D eigenvalue weighted by atomic mass is 16.2. The van der Waals surface area contributed by atoms with Crippen LogP contribution in [0.15, 0.2) is 84.9 Å². The summed E-state index contributed by atoms with van der Waals surface area (Å²) in [6.45, 7) is 7.41. The van der Waals surface area contributed by atoms with Crippen molar-refractivity contribution < 1.29 is 38.4 Å². The topological polar surface area (TPSA) is 222 Å². The van der Waals surface area contributed by atoms with Gasteiger partial charge in [-0.05, 0) is 128 Å². The fourth-order valence-corrected chi connectivity index (χ4v) is 11.8. The van der Waals surface area contributed by atoms with Crippen LogP contribution in [0.5, 0.6) is 0 Å². The number of amides is 8. The van der Waals surface area contributed by atoms with Crippen LogP contribution in [0, 0.1) is 11.8 Å². The molecule has 10 atom stereocenters. The van der Waals surface area contributed by atoms with Gasteiger partial charge in [-0.25, -0.2) is 0 Å². The third-order valence-electron chi connectivity index (χ3n) is 17.3. The zero-order valence-electron chi connectivity index (χ0n) is 47.0. The standard InChI is InChI=1S/C60H84N10O8/c1-37(61-5)53(71)65-51(43-25-17-11-18-26-43)59(77)69-35-47(33-49(69)57(75)67(7)39(3)41-21-13-9-14-22-41)63-55(73)45-29-31-46(32-30-45)56(74)64-48-34-50(58(76)68(8)40(4)42-23-15-10-16-24-42)70(36-48)60(78)52(44-27-19-12-20-28-44)66-54(72)38(2)62-6/h9-10,13-16,21-24,29-32,37-40,43-44,47-52,61-62H,11-12,17-20,25-28,33-36H2,1-8H3,(H,63,73)(H,64,74)(H,65,71)(H,66,72)/t37-,38-,39+,40+,47-,48-,49-,50-,51-,52-/m0/s1. The van der Waals surface area contributed by atoms with E-state index in [0.717, 1.165) is 75.3 Å². The van der Waals surface area contributed by atoms with E-state index >= 15 is 0 Å². The maximum absolute atomic E-state index is 14.9. The summed E-state index contributed by atoms with van der Waals surface area (Å²) in [4.78, 5) is 120. The van der Waals surface area contributed by atoms with Crippen LogP contribution in [-0.2, 0) is 28.8 Å². The monoisotopic (exact) mass is 1070 g/mol. The van der Waals surface area contributed by atoms with Gasteiger partial charge in [0.25, 0.3) is 11.8 Å². The number of carbonyl (C=O) groups excluding carboxylic acids is 8. The second-order valence-corrected chi connectivity index (χ2v) is 22.3.